The second-order valence-electron chi connectivity index (χ2n) is 7.64. The molecule has 1 aromatic carbocycles. The number of hydrogen-bond donors (Lipinski definition) is 3. The Balaban J connectivity index is 0.000000454. The van der Waals surface area contributed by atoms with Crippen molar-refractivity contribution in [2.75, 3.05) is 18.4 Å². The van der Waals surface area contributed by atoms with Crippen LogP contribution in [0.25, 0.3) is 0 Å². The number of amidine groups is 1. The number of carboxylic acids is 1. The SMILES string of the molecule is N#Cc1ccc(C(=O)N2CCC3(N=C(N)c4c(F)ccc(F)c4N3)C(F)C2)nc1.O=C(O)C(F)(F)F. The number of nitrogens with two attached hydrogens (primary N) is 1. The Labute approximate surface area is 198 Å². The number of aromatic nitrogens is 1. The number of rotatable bonds is 1. The van der Waals surface area contributed by atoms with Crippen molar-refractivity contribution in [1.82, 2.24) is 9.88 Å². The number of nitriles is 1. The van der Waals surface area contributed by atoms with E-state index in [1.54, 1.807) is 0 Å². The number of fused-ring (bicyclic) bond motifs is 1. The van der Waals surface area contributed by atoms with Crippen LogP contribution in [0.5, 0.6) is 0 Å². The standard InChI is InChI=1S/C19H15F3N6O.C2HF3O2/c20-11-2-3-12(21)16-15(11)17(24)27-19(26-16)5-6-28(9-14(19)22)18(29)13-4-1-10(7-23)8-25-13;3-2(4,5)1(6)7/h1-4,8,14,26H,5-6,9H2,(H2,24,27);(H,6,7). The maximum Gasteiger partial charge on any atom is 0.490 e. The Bertz CT molecular complexity index is 1260. The fourth-order valence-electron chi connectivity index (χ4n) is 3.54. The number of nitrogens with zero attached hydrogens (tertiary/aromatic N) is 4. The van der Waals surface area contributed by atoms with Crippen molar-refractivity contribution in [2.24, 2.45) is 10.7 Å². The van der Waals surface area contributed by atoms with Crippen molar-refractivity contribution in [3.8, 4) is 6.07 Å². The van der Waals surface area contributed by atoms with Crippen LogP contribution in [0.15, 0.2) is 35.5 Å². The predicted molar refractivity (Wildman–Crippen MR) is 111 cm³/mol. The van der Waals surface area contributed by atoms with Gasteiger partial charge in [-0.05, 0) is 24.3 Å². The van der Waals surface area contributed by atoms with E-state index in [-0.39, 0.29) is 42.3 Å². The molecule has 0 bridgehead atoms. The minimum absolute atomic E-state index is 0.00766. The highest BCUT2D eigenvalue weighted by Crippen LogP contribution is 2.38. The van der Waals surface area contributed by atoms with Crippen LogP contribution in [0.1, 0.15) is 28.0 Å². The Hall–Kier alpha value is -4.35. The van der Waals surface area contributed by atoms with Crippen molar-refractivity contribution >= 4 is 23.4 Å². The Morgan fingerprint density at radius 2 is 1.86 bits per heavy atom. The van der Waals surface area contributed by atoms with Crippen molar-refractivity contribution in [3.63, 3.8) is 0 Å². The topological polar surface area (TPSA) is 145 Å². The molecule has 1 amide bonds. The Kier molecular flexibility index (Phi) is 7.09. The molecule has 0 radical (unpaired) electrons. The number of carboxylic acid groups (broad SMARTS) is 1. The maximum absolute atomic E-state index is 15.2. The zero-order valence-corrected chi connectivity index (χ0v) is 18.0. The normalized spacial score (nSPS) is 20.8. The molecule has 36 heavy (non-hydrogen) atoms. The number of benzene rings is 1. The molecule has 3 heterocycles. The minimum Gasteiger partial charge on any atom is -0.475 e. The minimum atomic E-state index is -5.08. The smallest absolute Gasteiger partial charge is 0.475 e. The van der Waals surface area contributed by atoms with Crippen LogP contribution in [-0.4, -0.2) is 63.8 Å². The van der Waals surface area contributed by atoms with E-state index >= 15 is 4.39 Å². The zero-order chi connectivity index (χ0) is 26.8. The second kappa shape index (κ2) is 9.72. The molecule has 2 atom stereocenters. The van der Waals surface area contributed by atoms with Gasteiger partial charge in [0.15, 0.2) is 11.8 Å². The van der Waals surface area contributed by atoms with Gasteiger partial charge in [-0.3, -0.25) is 4.79 Å². The lowest BCUT2D eigenvalue weighted by Gasteiger charge is -2.44. The van der Waals surface area contributed by atoms with Crippen LogP contribution in [0.4, 0.5) is 32.0 Å². The molecule has 2 unspecified atom stereocenters. The molecule has 2 aromatic rings. The molecule has 2 aliphatic rings. The van der Waals surface area contributed by atoms with E-state index in [0.29, 0.717) is 5.56 Å². The highest BCUT2D eigenvalue weighted by Gasteiger charge is 2.48. The fraction of sp³-hybridized carbons (Fsp3) is 0.286. The number of carbonyl (C=O) groups excluding carboxylic acids is 1. The van der Waals surface area contributed by atoms with Crippen LogP contribution >= 0.6 is 0 Å². The molecule has 2 aliphatic heterocycles. The number of halogens is 6. The lowest BCUT2D eigenvalue weighted by molar-refractivity contribution is -0.192. The molecule has 0 saturated carbocycles. The van der Waals surface area contributed by atoms with Gasteiger partial charge in [0, 0.05) is 19.2 Å². The third kappa shape index (κ3) is 5.16. The average Bonchev–Trinajstić information content (AvgIpc) is 2.82. The van der Waals surface area contributed by atoms with Gasteiger partial charge in [-0.2, -0.15) is 18.4 Å². The third-order valence-electron chi connectivity index (χ3n) is 5.32. The van der Waals surface area contributed by atoms with Crippen molar-refractivity contribution < 1.29 is 41.0 Å². The van der Waals surface area contributed by atoms with Gasteiger partial charge in [0.1, 0.15) is 29.2 Å². The molecule has 190 valence electrons. The summed E-state index contributed by atoms with van der Waals surface area (Å²) in [6, 6.07) is 6.59. The molecule has 4 rings (SSSR count). The van der Waals surface area contributed by atoms with E-state index < -0.39 is 41.5 Å². The molecule has 1 spiro atoms. The van der Waals surface area contributed by atoms with Gasteiger partial charge in [0.05, 0.1) is 23.4 Å². The van der Waals surface area contributed by atoms with Crippen LogP contribution in [0.3, 0.4) is 0 Å². The summed E-state index contributed by atoms with van der Waals surface area (Å²) in [6.07, 6.45) is -5.56. The number of anilines is 1. The molecule has 4 N–H and O–H groups in total. The number of aliphatic imine (C=N–C) groups is 1. The van der Waals surface area contributed by atoms with Gasteiger partial charge in [-0.25, -0.2) is 27.9 Å². The monoisotopic (exact) mass is 514 g/mol. The lowest BCUT2D eigenvalue weighted by atomic mass is 9.91. The van der Waals surface area contributed by atoms with Crippen LogP contribution in [0, 0.1) is 23.0 Å². The van der Waals surface area contributed by atoms with Gasteiger partial charge >= 0.3 is 12.1 Å². The van der Waals surface area contributed by atoms with E-state index in [1.807, 2.05) is 6.07 Å². The average molecular weight is 514 g/mol. The van der Waals surface area contributed by atoms with Crippen LogP contribution in [-0.2, 0) is 4.79 Å². The maximum atomic E-state index is 15.2. The number of carbonyl (C=O) groups is 2. The van der Waals surface area contributed by atoms with Gasteiger partial charge in [0.25, 0.3) is 5.91 Å². The largest absolute Gasteiger partial charge is 0.490 e. The first-order valence-electron chi connectivity index (χ1n) is 10.0. The van der Waals surface area contributed by atoms with E-state index in [9.17, 15) is 26.7 Å². The number of nitrogens with one attached hydrogen (secondary N) is 1. The summed E-state index contributed by atoms with van der Waals surface area (Å²) >= 11 is 0. The highest BCUT2D eigenvalue weighted by molar-refractivity contribution is 6.04. The van der Waals surface area contributed by atoms with E-state index in [4.69, 9.17) is 20.9 Å². The number of piperidine rings is 1. The van der Waals surface area contributed by atoms with Crippen LogP contribution < -0.4 is 11.1 Å². The van der Waals surface area contributed by atoms with Crippen molar-refractivity contribution in [2.45, 2.75) is 24.4 Å². The molecule has 1 aromatic heterocycles. The summed E-state index contributed by atoms with van der Waals surface area (Å²) in [6.45, 7) is -0.243. The highest BCUT2D eigenvalue weighted by atomic mass is 19.4. The summed E-state index contributed by atoms with van der Waals surface area (Å²) in [5, 5.41) is 18.6. The first-order valence-corrected chi connectivity index (χ1v) is 10.0. The lowest BCUT2D eigenvalue weighted by Crippen LogP contribution is -2.60. The summed E-state index contributed by atoms with van der Waals surface area (Å²) in [5.74, 6) is -5.09. The fourth-order valence-corrected chi connectivity index (χ4v) is 3.54. The van der Waals surface area contributed by atoms with E-state index in [2.05, 4.69) is 15.3 Å². The predicted octanol–water partition coefficient (Wildman–Crippen LogP) is 2.58. The van der Waals surface area contributed by atoms with E-state index in [0.717, 1.165) is 12.1 Å². The number of likely N-dealkylation sites (tertiary alicyclic amines) is 1. The molecule has 15 heteroatoms. The molecule has 1 saturated heterocycles. The zero-order valence-electron chi connectivity index (χ0n) is 18.0. The quantitative estimate of drug-likeness (QED) is 0.496. The van der Waals surface area contributed by atoms with Gasteiger partial charge < -0.3 is 21.1 Å². The first-order chi connectivity index (χ1) is 16.8. The summed E-state index contributed by atoms with van der Waals surface area (Å²) in [7, 11) is 0. The van der Waals surface area contributed by atoms with Crippen molar-refractivity contribution in [3.05, 3.63) is 58.9 Å². The first kappa shape index (κ1) is 26.3. The number of amides is 1. The molecule has 9 nitrogen and oxygen atoms in total. The Morgan fingerprint density at radius 1 is 1.22 bits per heavy atom. The van der Waals surface area contributed by atoms with E-state index in [1.165, 1.54) is 23.2 Å². The summed E-state index contributed by atoms with van der Waals surface area (Å²) in [5.41, 5.74) is 4.12. The summed E-state index contributed by atoms with van der Waals surface area (Å²) in [4.78, 5) is 30.8. The summed E-state index contributed by atoms with van der Waals surface area (Å²) < 4.78 is 75.1. The molecular formula is C21H16F6N6O3. The second-order valence-corrected chi connectivity index (χ2v) is 7.64. The molecule has 0 aliphatic carbocycles. The molecular weight excluding hydrogens is 498 g/mol. The number of aliphatic carboxylic acids is 1. The van der Waals surface area contributed by atoms with Crippen molar-refractivity contribution in [1.29, 1.82) is 5.26 Å². The van der Waals surface area contributed by atoms with Gasteiger partial charge in [0.2, 0.25) is 0 Å². The molecule has 1 fully saturated rings. The third-order valence-corrected chi connectivity index (χ3v) is 5.32. The number of hydrogen-bond acceptors (Lipinski definition) is 7. The number of alkyl halides is 4. The number of pyridine rings is 1. The van der Waals surface area contributed by atoms with Gasteiger partial charge in [-0.1, -0.05) is 0 Å². The Morgan fingerprint density at radius 3 is 2.39 bits per heavy atom. The van der Waals surface area contributed by atoms with Gasteiger partial charge in [-0.15, -0.1) is 0 Å². The van der Waals surface area contributed by atoms with Crippen LogP contribution in [0.2, 0.25) is 0 Å².